The Labute approximate surface area is 186 Å². The smallest absolute Gasteiger partial charge is 0.416 e. The van der Waals surface area contributed by atoms with Crippen LogP contribution in [0.25, 0.3) is 0 Å². The molecule has 188 valence electrons. The van der Waals surface area contributed by atoms with Gasteiger partial charge in [0.25, 0.3) is 0 Å². The fourth-order valence-corrected chi connectivity index (χ4v) is 2.65. The van der Waals surface area contributed by atoms with E-state index in [1.165, 1.54) is 0 Å². The van der Waals surface area contributed by atoms with E-state index in [1.807, 2.05) is 0 Å². The van der Waals surface area contributed by atoms with Crippen LogP contribution in [0.4, 0.5) is 26.3 Å². The molecule has 0 aromatic heterocycles. The Kier molecular flexibility index (Phi) is 14.9. The molecule has 0 radical (unpaired) electrons. The summed E-state index contributed by atoms with van der Waals surface area (Å²) in [7, 11) is -3.02. The lowest BCUT2D eigenvalue weighted by molar-refractivity contribution is -0.709. The molecule has 0 atom stereocenters. The summed E-state index contributed by atoms with van der Waals surface area (Å²) in [5, 5.41) is 24.8. The highest BCUT2D eigenvalue weighted by Crippen LogP contribution is 2.38. The van der Waals surface area contributed by atoms with E-state index in [0.29, 0.717) is 0 Å². The van der Waals surface area contributed by atoms with Gasteiger partial charge in [-0.2, -0.15) is 26.3 Å². The van der Waals surface area contributed by atoms with Crippen LogP contribution in [-0.2, 0) is 12.4 Å². The molecule has 0 aliphatic carbocycles. The predicted octanol–water partition coefficient (Wildman–Crippen LogP) is 1.54. The van der Waals surface area contributed by atoms with Crippen molar-refractivity contribution in [3.8, 4) is 5.75 Å². The van der Waals surface area contributed by atoms with Crippen molar-refractivity contribution in [2.75, 3.05) is 0 Å². The van der Waals surface area contributed by atoms with Crippen molar-refractivity contribution in [1.82, 2.24) is 0 Å². The lowest BCUT2D eigenvalue weighted by atomic mass is 10.1. The van der Waals surface area contributed by atoms with Crippen molar-refractivity contribution in [3.05, 3.63) is 29.3 Å². The van der Waals surface area contributed by atoms with E-state index in [4.69, 9.17) is 0 Å². The average Bonchev–Trinajstić information content (AvgIpc) is 2.50. The standard InChI is InChI=1S/C8H3BF6O3.2C6H15N/c10-7(11,12)4-1-5(8(13,14)15)3-6(2-4)18-9(16)17;2*1-5(2)7-6(3)4/h1-3H;2*5-7H,1-4H3/q-2;;/p+2. The van der Waals surface area contributed by atoms with Crippen molar-refractivity contribution >= 4 is 7.32 Å². The van der Waals surface area contributed by atoms with Gasteiger partial charge in [-0.05, 0) is 73.6 Å². The molecular weight excluding hydrogens is 441 g/mol. The maximum atomic E-state index is 12.3. The number of quaternary nitrogens is 2. The first-order chi connectivity index (χ1) is 14.2. The zero-order chi connectivity index (χ0) is 25.9. The number of benzene rings is 1. The molecule has 0 spiro atoms. The molecule has 1 aromatic carbocycles. The number of alkyl halides is 6. The number of rotatable bonds is 6. The second-order valence-corrected chi connectivity index (χ2v) is 8.51. The van der Waals surface area contributed by atoms with Crippen LogP contribution >= 0.6 is 0 Å². The maximum Gasteiger partial charge on any atom is 0.416 e. The molecule has 32 heavy (non-hydrogen) atoms. The van der Waals surface area contributed by atoms with E-state index in [-0.39, 0.29) is 18.2 Å². The fraction of sp³-hybridized carbons (Fsp3) is 0.700. The topological polar surface area (TPSA) is 88.6 Å². The Morgan fingerprint density at radius 1 is 0.656 bits per heavy atom. The lowest BCUT2D eigenvalue weighted by Crippen LogP contribution is -2.92. The molecule has 0 heterocycles. The van der Waals surface area contributed by atoms with Crippen LogP contribution in [0, 0.1) is 0 Å². The Hall–Kier alpha value is -1.50. The third kappa shape index (κ3) is 18.1. The number of nitrogens with two attached hydrogens (primary N) is 2. The van der Waals surface area contributed by atoms with Crippen LogP contribution in [0.3, 0.4) is 0 Å². The summed E-state index contributed by atoms with van der Waals surface area (Å²) in [6.07, 6.45) is -10.1. The van der Waals surface area contributed by atoms with E-state index < -0.39 is 36.6 Å². The third-order valence-electron chi connectivity index (χ3n) is 3.33. The van der Waals surface area contributed by atoms with E-state index >= 15 is 0 Å². The van der Waals surface area contributed by atoms with Gasteiger partial charge in [0.2, 0.25) is 0 Å². The molecule has 5 nitrogen and oxygen atoms in total. The SMILES string of the molecule is CC(C)[NH2+]C(C)C.CC(C)[NH2+]C(C)C.[O-]B([O-])Oc1cc(C(F)(F)F)cc(C(F)(F)F)c1. The Bertz CT molecular complexity index is 578. The third-order valence-corrected chi connectivity index (χ3v) is 3.33. The first kappa shape index (κ1) is 32.7. The summed E-state index contributed by atoms with van der Waals surface area (Å²) in [6, 6.07) is 3.16. The van der Waals surface area contributed by atoms with Gasteiger partial charge in [0.15, 0.2) is 0 Å². The quantitative estimate of drug-likeness (QED) is 0.483. The van der Waals surface area contributed by atoms with Gasteiger partial charge >= 0.3 is 12.4 Å². The van der Waals surface area contributed by atoms with Gasteiger partial charge in [-0.1, -0.05) is 0 Å². The first-order valence-electron chi connectivity index (χ1n) is 10.2. The minimum atomic E-state index is -5.05. The molecule has 0 bridgehead atoms. The summed E-state index contributed by atoms with van der Waals surface area (Å²) in [5.74, 6) is -1.08. The highest BCUT2D eigenvalue weighted by molar-refractivity contribution is 6.29. The van der Waals surface area contributed by atoms with E-state index in [2.05, 4.69) is 70.7 Å². The molecule has 12 heteroatoms. The van der Waals surface area contributed by atoms with Crippen molar-refractivity contribution in [3.63, 3.8) is 0 Å². The molecule has 0 saturated carbocycles. The van der Waals surface area contributed by atoms with Crippen molar-refractivity contribution in [2.24, 2.45) is 0 Å². The van der Waals surface area contributed by atoms with Gasteiger partial charge < -0.3 is 25.3 Å². The molecule has 4 N–H and O–H groups in total. The number of halogens is 6. The van der Waals surface area contributed by atoms with Crippen LogP contribution in [0.15, 0.2) is 18.2 Å². The van der Waals surface area contributed by atoms with E-state index in [1.54, 1.807) is 0 Å². The van der Waals surface area contributed by atoms with Gasteiger partial charge in [0, 0.05) is 0 Å². The molecule has 0 aliphatic heterocycles. The van der Waals surface area contributed by atoms with E-state index in [9.17, 15) is 36.4 Å². The van der Waals surface area contributed by atoms with Gasteiger partial charge in [-0.15, -0.1) is 0 Å². The van der Waals surface area contributed by atoms with Gasteiger partial charge in [0.1, 0.15) is 7.32 Å². The second kappa shape index (κ2) is 14.6. The maximum absolute atomic E-state index is 12.3. The number of hydrogen-bond donors (Lipinski definition) is 2. The van der Waals surface area contributed by atoms with Gasteiger partial charge in [-0.3, -0.25) is 0 Å². The summed E-state index contributed by atoms with van der Waals surface area (Å²) in [6.45, 7) is 17.7. The number of hydrogen-bond acceptors (Lipinski definition) is 3. The van der Waals surface area contributed by atoms with E-state index in [0.717, 1.165) is 24.2 Å². The highest BCUT2D eigenvalue weighted by atomic mass is 19.4. The largest absolute Gasteiger partial charge is 0.860 e. The Balaban J connectivity index is 0. The van der Waals surface area contributed by atoms with Crippen LogP contribution < -0.4 is 25.3 Å². The molecule has 0 amide bonds. The van der Waals surface area contributed by atoms with Crippen molar-refractivity contribution in [1.29, 1.82) is 0 Å². The molecule has 0 fully saturated rings. The summed E-state index contributed by atoms with van der Waals surface area (Å²) >= 11 is 0. The highest BCUT2D eigenvalue weighted by Gasteiger charge is 2.37. The first-order valence-corrected chi connectivity index (χ1v) is 10.2. The van der Waals surface area contributed by atoms with Crippen molar-refractivity contribution < 1.29 is 51.7 Å². The molecular formula is C20H35BF6N2O3. The van der Waals surface area contributed by atoms with Crippen LogP contribution in [0.2, 0.25) is 0 Å². The monoisotopic (exact) mass is 476 g/mol. The molecule has 1 rings (SSSR count). The predicted molar refractivity (Wildman–Crippen MR) is 107 cm³/mol. The van der Waals surface area contributed by atoms with Gasteiger partial charge in [-0.25, -0.2) is 0 Å². The zero-order valence-electron chi connectivity index (χ0n) is 19.8. The van der Waals surface area contributed by atoms with Crippen LogP contribution in [-0.4, -0.2) is 31.5 Å². The summed E-state index contributed by atoms with van der Waals surface area (Å²) in [4.78, 5) is 0. The lowest BCUT2D eigenvalue weighted by Gasteiger charge is -2.27. The molecule has 1 aromatic rings. The molecule has 0 aliphatic rings. The fourth-order valence-electron chi connectivity index (χ4n) is 2.65. The van der Waals surface area contributed by atoms with Gasteiger partial charge in [0.05, 0.1) is 41.0 Å². The second-order valence-electron chi connectivity index (χ2n) is 8.51. The molecule has 0 saturated heterocycles. The van der Waals surface area contributed by atoms with Crippen molar-refractivity contribution in [2.45, 2.75) is 91.9 Å². The summed E-state index contributed by atoms with van der Waals surface area (Å²) in [5.41, 5.74) is -3.32. The minimum absolute atomic E-state index is 0.141. The minimum Gasteiger partial charge on any atom is -0.860 e. The van der Waals surface area contributed by atoms with Crippen LogP contribution in [0.1, 0.15) is 66.5 Å². The zero-order valence-corrected chi connectivity index (χ0v) is 19.8. The molecule has 0 unspecified atom stereocenters. The Morgan fingerprint density at radius 2 is 0.938 bits per heavy atom. The average molecular weight is 476 g/mol. The normalized spacial score (nSPS) is 11.9. The summed E-state index contributed by atoms with van der Waals surface area (Å²) < 4.78 is 77.5. The Morgan fingerprint density at radius 3 is 1.09 bits per heavy atom. The van der Waals surface area contributed by atoms with Crippen LogP contribution in [0.5, 0.6) is 5.75 Å².